The van der Waals surface area contributed by atoms with Gasteiger partial charge in [0.05, 0.1) is 5.39 Å². The summed E-state index contributed by atoms with van der Waals surface area (Å²) in [4.78, 5) is 7.25. The number of hydrogen-bond acceptors (Lipinski definition) is 5. The van der Waals surface area contributed by atoms with Gasteiger partial charge >= 0.3 is 0 Å². The molecule has 5 heteroatoms. The number of furan rings is 1. The molecule has 0 spiro atoms. The lowest BCUT2D eigenvalue weighted by atomic mass is 10.0. The minimum Gasteiger partial charge on any atom is -0.456 e. The van der Waals surface area contributed by atoms with Gasteiger partial charge in [0.25, 0.3) is 0 Å². The lowest BCUT2D eigenvalue weighted by Gasteiger charge is -2.25. The van der Waals surface area contributed by atoms with Crippen molar-refractivity contribution >= 4 is 81.6 Å². The number of aromatic nitrogens is 1. The van der Waals surface area contributed by atoms with Gasteiger partial charge in [0.15, 0.2) is 5.58 Å². The number of benzene rings is 7. The zero-order chi connectivity index (χ0) is 31.6. The molecule has 0 radical (unpaired) electrons. The van der Waals surface area contributed by atoms with Gasteiger partial charge in [-0.25, -0.2) is 4.98 Å². The summed E-state index contributed by atoms with van der Waals surface area (Å²) in [6.45, 7) is 0. The number of thiophene rings is 1. The van der Waals surface area contributed by atoms with Crippen molar-refractivity contribution in [2.24, 2.45) is 0 Å². The number of oxazole rings is 1. The first kappa shape index (κ1) is 27.0. The highest BCUT2D eigenvalue weighted by Crippen LogP contribution is 2.42. The average Bonchev–Trinajstić information content (AvgIpc) is 3.86. The molecule has 0 atom stereocenters. The summed E-state index contributed by atoms with van der Waals surface area (Å²) in [5.74, 6) is 0.605. The Balaban J connectivity index is 1.07. The molecule has 0 aliphatic rings. The molecular formula is C43H26N2O2S. The van der Waals surface area contributed by atoms with Crippen LogP contribution in [0.1, 0.15) is 0 Å². The topological polar surface area (TPSA) is 42.4 Å². The van der Waals surface area contributed by atoms with Gasteiger partial charge in [-0.05, 0) is 96.1 Å². The van der Waals surface area contributed by atoms with Crippen molar-refractivity contribution in [3.63, 3.8) is 0 Å². The highest BCUT2D eigenvalue weighted by molar-refractivity contribution is 7.25. The van der Waals surface area contributed by atoms with E-state index in [1.807, 2.05) is 53.8 Å². The minimum atomic E-state index is 0.605. The van der Waals surface area contributed by atoms with Gasteiger partial charge in [-0.1, -0.05) is 72.8 Å². The lowest BCUT2D eigenvalue weighted by molar-refractivity contribution is 0.619. The van der Waals surface area contributed by atoms with E-state index in [1.54, 1.807) is 0 Å². The van der Waals surface area contributed by atoms with E-state index in [-0.39, 0.29) is 0 Å². The number of para-hydroxylation sites is 1. The van der Waals surface area contributed by atoms with Gasteiger partial charge in [0.1, 0.15) is 16.7 Å². The molecule has 0 saturated heterocycles. The smallest absolute Gasteiger partial charge is 0.227 e. The molecule has 0 amide bonds. The van der Waals surface area contributed by atoms with Gasteiger partial charge in [-0.3, -0.25) is 0 Å². The van der Waals surface area contributed by atoms with E-state index in [0.29, 0.717) is 5.89 Å². The fraction of sp³-hybridized carbons (Fsp3) is 0. The molecule has 0 N–H and O–H groups in total. The Morgan fingerprint density at radius 3 is 1.96 bits per heavy atom. The first-order valence-corrected chi connectivity index (χ1v) is 16.8. The van der Waals surface area contributed by atoms with Crippen LogP contribution in [-0.2, 0) is 0 Å². The van der Waals surface area contributed by atoms with Crippen LogP contribution >= 0.6 is 11.3 Å². The van der Waals surface area contributed by atoms with E-state index >= 15 is 0 Å². The zero-order valence-electron chi connectivity index (χ0n) is 25.6. The third-order valence-electron chi connectivity index (χ3n) is 9.10. The van der Waals surface area contributed by atoms with E-state index in [9.17, 15) is 0 Å². The van der Waals surface area contributed by atoms with Gasteiger partial charge in [0.2, 0.25) is 5.89 Å². The third-order valence-corrected chi connectivity index (χ3v) is 10.3. The summed E-state index contributed by atoms with van der Waals surface area (Å²) in [6.07, 6.45) is 0. The third kappa shape index (κ3) is 4.33. The first-order valence-electron chi connectivity index (χ1n) is 15.9. The van der Waals surface area contributed by atoms with E-state index < -0.39 is 0 Å². The van der Waals surface area contributed by atoms with Crippen LogP contribution in [0.4, 0.5) is 17.1 Å². The van der Waals surface area contributed by atoms with Gasteiger partial charge in [-0.15, -0.1) is 11.3 Å². The largest absolute Gasteiger partial charge is 0.456 e. The molecule has 4 nitrogen and oxygen atoms in total. The molecule has 3 aromatic heterocycles. The standard InChI is InChI=1S/C43H26N2O2S/c1-3-9-28(10-4-1)43-44-42-38(47-43)23-22-37-41(42)35-25-29(17-21-36(35)46-37)27-15-18-31(19-16-27)45(30-11-5-2-6-12-30)32-20-24-40-34(26-32)33-13-7-8-14-39(33)48-40/h1-26H. The van der Waals surface area contributed by atoms with Crippen LogP contribution in [0, 0.1) is 0 Å². The summed E-state index contributed by atoms with van der Waals surface area (Å²) in [6, 6.07) is 55.1. The Labute approximate surface area is 279 Å². The fourth-order valence-corrected chi connectivity index (χ4v) is 7.90. The number of hydrogen-bond donors (Lipinski definition) is 0. The molecule has 10 aromatic rings. The fourth-order valence-electron chi connectivity index (χ4n) is 6.82. The Hall–Kier alpha value is -6.17. The van der Waals surface area contributed by atoms with Crippen LogP contribution in [0.5, 0.6) is 0 Å². The molecule has 3 heterocycles. The molecule has 7 aromatic carbocycles. The average molecular weight is 635 g/mol. The molecule has 0 bridgehead atoms. The molecular weight excluding hydrogens is 609 g/mol. The van der Waals surface area contributed by atoms with E-state index in [4.69, 9.17) is 13.8 Å². The number of fused-ring (bicyclic) bond motifs is 8. The van der Waals surface area contributed by atoms with Crippen LogP contribution in [0.3, 0.4) is 0 Å². The molecule has 0 fully saturated rings. The maximum Gasteiger partial charge on any atom is 0.227 e. The Kier molecular flexibility index (Phi) is 6.01. The predicted molar refractivity (Wildman–Crippen MR) is 200 cm³/mol. The molecule has 10 rings (SSSR count). The summed E-state index contributed by atoms with van der Waals surface area (Å²) in [5.41, 5.74) is 9.70. The van der Waals surface area contributed by atoms with Crippen molar-refractivity contribution in [3.05, 3.63) is 158 Å². The maximum absolute atomic E-state index is 6.28. The quantitative estimate of drug-likeness (QED) is 0.189. The van der Waals surface area contributed by atoms with Crippen molar-refractivity contribution in [1.82, 2.24) is 4.98 Å². The highest BCUT2D eigenvalue weighted by Gasteiger charge is 2.18. The number of rotatable bonds is 5. The van der Waals surface area contributed by atoms with Crippen molar-refractivity contribution in [2.45, 2.75) is 0 Å². The van der Waals surface area contributed by atoms with Crippen LogP contribution in [0.25, 0.3) is 75.8 Å². The van der Waals surface area contributed by atoms with Gasteiger partial charge < -0.3 is 13.7 Å². The molecule has 0 saturated carbocycles. The molecule has 226 valence electrons. The Morgan fingerprint density at radius 1 is 0.438 bits per heavy atom. The predicted octanol–water partition coefficient (Wildman–Crippen LogP) is 12.9. The Bertz CT molecular complexity index is 2780. The minimum absolute atomic E-state index is 0.605. The SMILES string of the molecule is c1ccc(-c2nc3c(ccc4oc5ccc(-c6ccc(N(c7ccccc7)c7ccc8sc9ccccc9c8c7)cc6)cc5c43)o2)cc1. The molecule has 0 unspecified atom stereocenters. The monoisotopic (exact) mass is 634 g/mol. The summed E-state index contributed by atoms with van der Waals surface area (Å²) < 4.78 is 15.1. The lowest BCUT2D eigenvalue weighted by Crippen LogP contribution is -2.09. The second-order valence-corrected chi connectivity index (χ2v) is 13.1. The molecule has 0 aliphatic heterocycles. The molecule has 48 heavy (non-hydrogen) atoms. The summed E-state index contributed by atoms with van der Waals surface area (Å²) in [7, 11) is 0. The van der Waals surface area contributed by atoms with Crippen molar-refractivity contribution in [3.8, 4) is 22.6 Å². The van der Waals surface area contributed by atoms with Crippen LogP contribution < -0.4 is 4.90 Å². The van der Waals surface area contributed by atoms with Crippen molar-refractivity contribution < 1.29 is 8.83 Å². The van der Waals surface area contributed by atoms with E-state index in [0.717, 1.165) is 66.8 Å². The molecule has 0 aliphatic carbocycles. The van der Waals surface area contributed by atoms with Gasteiger partial charge in [-0.2, -0.15) is 0 Å². The highest BCUT2D eigenvalue weighted by atomic mass is 32.1. The van der Waals surface area contributed by atoms with Crippen molar-refractivity contribution in [2.75, 3.05) is 4.90 Å². The normalized spacial score (nSPS) is 11.8. The van der Waals surface area contributed by atoms with Gasteiger partial charge in [0, 0.05) is 48.2 Å². The van der Waals surface area contributed by atoms with Crippen LogP contribution in [0.15, 0.2) is 167 Å². The van der Waals surface area contributed by atoms with Crippen LogP contribution in [-0.4, -0.2) is 4.98 Å². The van der Waals surface area contributed by atoms with E-state index in [1.165, 1.54) is 20.2 Å². The maximum atomic E-state index is 6.28. The second-order valence-electron chi connectivity index (χ2n) is 12.0. The number of nitrogens with zero attached hydrogens (tertiary/aromatic N) is 2. The first-order chi connectivity index (χ1) is 23.8. The van der Waals surface area contributed by atoms with E-state index in [2.05, 4.69) is 120 Å². The van der Waals surface area contributed by atoms with Crippen LogP contribution in [0.2, 0.25) is 0 Å². The zero-order valence-corrected chi connectivity index (χ0v) is 26.4. The van der Waals surface area contributed by atoms with Crippen molar-refractivity contribution in [1.29, 1.82) is 0 Å². The second kappa shape index (κ2) is 10.7. The Morgan fingerprint density at radius 2 is 1.10 bits per heavy atom. The summed E-state index contributed by atoms with van der Waals surface area (Å²) in [5, 5.41) is 4.57. The number of anilines is 3. The summed E-state index contributed by atoms with van der Waals surface area (Å²) >= 11 is 1.84.